The minimum absolute atomic E-state index is 0.0280. The number of esters is 2. The van der Waals surface area contributed by atoms with Crippen LogP contribution in [0.15, 0.2) is 30.3 Å². The van der Waals surface area contributed by atoms with Gasteiger partial charge in [0.1, 0.15) is 12.6 Å². The van der Waals surface area contributed by atoms with E-state index < -0.39 is 23.4 Å². The molecule has 1 aromatic carbocycles. The smallest absolute Gasteiger partial charge is 0.324 e. The molecule has 2 atom stereocenters. The van der Waals surface area contributed by atoms with Crippen LogP contribution in [0.3, 0.4) is 0 Å². The van der Waals surface area contributed by atoms with Crippen molar-refractivity contribution in [1.82, 2.24) is 0 Å². The van der Waals surface area contributed by atoms with Crippen molar-refractivity contribution in [2.75, 3.05) is 6.61 Å². The monoisotopic (exact) mass is 320 g/mol. The lowest BCUT2D eigenvalue weighted by molar-refractivity contribution is -0.165. The first-order valence-electron chi connectivity index (χ1n) is 7.44. The van der Waals surface area contributed by atoms with Gasteiger partial charge in [-0.3, -0.25) is 14.4 Å². The van der Waals surface area contributed by atoms with Crippen LogP contribution in [-0.4, -0.2) is 30.9 Å². The van der Waals surface area contributed by atoms with Gasteiger partial charge in [0.05, 0.1) is 12.0 Å². The summed E-state index contributed by atoms with van der Waals surface area (Å²) in [5.41, 5.74) is 5.53. The van der Waals surface area contributed by atoms with Gasteiger partial charge in [-0.2, -0.15) is 0 Å². The molecule has 0 saturated carbocycles. The number of hydrogen-bond donors (Lipinski definition) is 1. The number of rotatable bonds is 9. The Bertz CT molecular complexity index is 531. The van der Waals surface area contributed by atoms with Crippen molar-refractivity contribution < 1.29 is 23.9 Å². The second-order valence-electron chi connectivity index (χ2n) is 5.37. The number of nitrogens with two attached hydrogens (primary N) is 1. The van der Waals surface area contributed by atoms with Crippen LogP contribution in [0.4, 0.5) is 0 Å². The van der Waals surface area contributed by atoms with E-state index in [4.69, 9.17) is 15.2 Å². The lowest BCUT2D eigenvalue weighted by atomic mass is 9.80. The maximum Gasteiger partial charge on any atom is 0.324 e. The van der Waals surface area contributed by atoms with E-state index in [1.54, 1.807) is 20.1 Å². The maximum absolute atomic E-state index is 12.4. The summed E-state index contributed by atoms with van der Waals surface area (Å²) >= 11 is 0. The molecule has 0 heterocycles. The van der Waals surface area contributed by atoms with Crippen LogP contribution in [0.25, 0.3) is 0 Å². The molecule has 0 aromatic heterocycles. The predicted octanol–water partition coefficient (Wildman–Crippen LogP) is 1.52. The molecule has 0 aliphatic heterocycles. The lowest BCUT2D eigenvalue weighted by Crippen LogP contribution is -2.51. The van der Waals surface area contributed by atoms with Gasteiger partial charge in [0.15, 0.2) is 0 Å². The van der Waals surface area contributed by atoms with Crippen molar-refractivity contribution in [1.29, 1.82) is 0 Å². The van der Waals surface area contributed by atoms with Crippen LogP contribution < -0.4 is 5.73 Å². The predicted molar refractivity (Wildman–Crippen MR) is 83.9 cm³/mol. The zero-order valence-electron chi connectivity index (χ0n) is 13.4. The normalized spacial score (nSPS) is 14.4. The molecular formula is C17H22NO5. The Morgan fingerprint density at radius 3 is 2.48 bits per heavy atom. The molecule has 2 N–H and O–H groups in total. The second-order valence-corrected chi connectivity index (χ2v) is 5.37. The van der Waals surface area contributed by atoms with E-state index in [1.165, 1.54) is 0 Å². The van der Waals surface area contributed by atoms with E-state index in [0.29, 0.717) is 6.42 Å². The van der Waals surface area contributed by atoms with Crippen LogP contribution in [0.1, 0.15) is 32.3 Å². The minimum Gasteiger partial charge on any atom is -0.464 e. The maximum atomic E-state index is 12.4. The van der Waals surface area contributed by atoms with Crippen molar-refractivity contribution in [2.24, 2.45) is 11.1 Å². The van der Waals surface area contributed by atoms with E-state index >= 15 is 0 Å². The highest BCUT2D eigenvalue weighted by Crippen LogP contribution is 2.28. The van der Waals surface area contributed by atoms with E-state index in [9.17, 15) is 14.4 Å². The Kier molecular flexibility index (Phi) is 7.41. The van der Waals surface area contributed by atoms with Crippen molar-refractivity contribution in [3.63, 3.8) is 0 Å². The highest BCUT2D eigenvalue weighted by atomic mass is 16.5. The average molecular weight is 320 g/mol. The number of hydrogen-bond acceptors (Lipinski definition) is 6. The number of benzene rings is 1. The molecule has 0 bridgehead atoms. The Morgan fingerprint density at radius 1 is 1.26 bits per heavy atom. The summed E-state index contributed by atoms with van der Waals surface area (Å²) in [5, 5.41) is 0. The van der Waals surface area contributed by atoms with E-state index in [2.05, 4.69) is 0 Å². The van der Waals surface area contributed by atoms with Gasteiger partial charge in [-0.15, -0.1) is 0 Å². The van der Waals surface area contributed by atoms with E-state index in [1.807, 2.05) is 30.3 Å². The molecule has 6 heteroatoms. The summed E-state index contributed by atoms with van der Waals surface area (Å²) in [5.74, 6) is -1.29. The minimum atomic E-state index is -1.20. The van der Waals surface area contributed by atoms with Gasteiger partial charge >= 0.3 is 11.9 Å². The summed E-state index contributed by atoms with van der Waals surface area (Å²) in [4.78, 5) is 34.4. The van der Waals surface area contributed by atoms with Crippen LogP contribution >= 0.6 is 0 Å². The molecule has 0 aliphatic rings. The Hall–Kier alpha value is -2.21. The standard InChI is InChI=1S/C17H22NO5/c1-3-17(2,14(18)15(20)22-11-7-10-19)16(21)23-12-13-8-5-4-6-9-13/h4-6,8-9,14H,3,7,11-12,18H2,1-2H3/t14-,17-/m1/s1. The molecule has 0 unspecified atom stereocenters. The second kappa shape index (κ2) is 9.05. The van der Waals surface area contributed by atoms with Gasteiger partial charge in [-0.05, 0) is 18.9 Å². The Labute approximate surface area is 135 Å². The first-order valence-corrected chi connectivity index (χ1v) is 7.44. The Balaban J connectivity index is 2.67. The number of carbonyl (C=O) groups is 2. The highest BCUT2D eigenvalue weighted by Gasteiger charge is 2.44. The zero-order valence-corrected chi connectivity index (χ0v) is 13.4. The van der Waals surface area contributed by atoms with E-state index in [0.717, 1.165) is 5.56 Å². The Morgan fingerprint density at radius 2 is 1.91 bits per heavy atom. The quantitative estimate of drug-likeness (QED) is 0.547. The van der Waals surface area contributed by atoms with Crippen LogP contribution in [0.5, 0.6) is 0 Å². The third-order valence-electron chi connectivity index (χ3n) is 3.80. The first kappa shape index (κ1) is 18.8. The van der Waals surface area contributed by atoms with Gasteiger partial charge in [0, 0.05) is 6.42 Å². The molecule has 1 aromatic rings. The SMILES string of the molecule is CC[C@@](C)(C(=O)OCc1ccccc1)[C@H](N)C(=O)OCC[C]=O. The van der Waals surface area contributed by atoms with Crippen molar-refractivity contribution in [2.45, 2.75) is 39.3 Å². The first-order chi connectivity index (χ1) is 11.0. The highest BCUT2D eigenvalue weighted by molar-refractivity contribution is 5.87. The van der Waals surface area contributed by atoms with Gasteiger partial charge in [-0.1, -0.05) is 37.3 Å². The summed E-state index contributed by atoms with van der Waals surface area (Å²) < 4.78 is 10.2. The van der Waals surface area contributed by atoms with Crippen molar-refractivity contribution in [3.8, 4) is 0 Å². The molecule has 1 rings (SSSR count). The topological polar surface area (TPSA) is 95.7 Å². The van der Waals surface area contributed by atoms with Crippen LogP contribution in [-0.2, 0) is 30.5 Å². The third kappa shape index (κ3) is 5.17. The van der Waals surface area contributed by atoms with Crippen LogP contribution in [0, 0.1) is 5.41 Å². The molecular weight excluding hydrogens is 298 g/mol. The lowest BCUT2D eigenvalue weighted by Gasteiger charge is -2.30. The average Bonchev–Trinajstić information content (AvgIpc) is 2.59. The number of carbonyl (C=O) groups excluding carboxylic acids is 3. The molecule has 23 heavy (non-hydrogen) atoms. The largest absolute Gasteiger partial charge is 0.464 e. The fourth-order valence-corrected chi connectivity index (χ4v) is 1.92. The number of ether oxygens (including phenoxy) is 2. The molecule has 6 nitrogen and oxygen atoms in total. The van der Waals surface area contributed by atoms with Gasteiger partial charge in [-0.25, -0.2) is 0 Å². The molecule has 125 valence electrons. The fraction of sp³-hybridized carbons (Fsp3) is 0.471. The molecule has 1 radical (unpaired) electrons. The third-order valence-corrected chi connectivity index (χ3v) is 3.80. The van der Waals surface area contributed by atoms with Gasteiger partial charge < -0.3 is 15.2 Å². The summed E-state index contributed by atoms with van der Waals surface area (Å²) in [7, 11) is 0. The zero-order chi connectivity index (χ0) is 17.3. The van der Waals surface area contributed by atoms with E-state index in [-0.39, 0.29) is 19.6 Å². The molecule has 0 spiro atoms. The van der Waals surface area contributed by atoms with Gasteiger partial charge in [0.25, 0.3) is 0 Å². The van der Waals surface area contributed by atoms with Crippen molar-refractivity contribution >= 4 is 18.2 Å². The van der Waals surface area contributed by atoms with Crippen LogP contribution in [0.2, 0.25) is 0 Å². The summed E-state index contributed by atoms with van der Waals surface area (Å²) in [6.45, 7) is 3.32. The summed E-state index contributed by atoms with van der Waals surface area (Å²) in [6.07, 6.45) is 1.90. The fourth-order valence-electron chi connectivity index (χ4n) is 1.92. The summed E-state index contributed by atoms with van der Waals surface area (Å²) in [6, 6.07) is 8.05. The molecule has 0 amide bonds. The molecule has 0 fully saturated rings. The van der Waals surface area contributed by atoms with Crippen molar-refractivity contribution in [3.05, 3.63) is 35.9 Å². The molecule has 0 saturated heterocycles. The van der Waals surface area contributed by atoms with Gasteiger partial charge in [0.2, 0.25) is 6.29 Å². The molecule has 0 aliphatic carbocycles.